The highest BCUT2D eigenvalue weighted by Gasteiger charge is 2.25. The maximum Gasteiger partial charge on any atom is 0.363 e. The SMILES string of the molecule is COc1cc(/C=C2\N=C(c3ccc(I)c(Br)c3)OC2=O)cc(I)c1OCc1ccccc1Br. The summed E-state index contributed by atoms with van der Waals surface area (Å²) >= 11 is 11.4. The lowest BCUT2D eigenvalue weighted by molar-refractivity contribution is -0.129. The zero-order valence-corrected chi connectivity index (χ0v) is 24.6. The van der Waals surface area contributed by atoms with E-state index >= 15 is 0 Å². The molecule has 0 bridgehead atoms. The Hall–Kier alpha value is -1.44. The highest BCUT2D eigenvalue weighted by atomic mass is 127. The van der Waals surface area contributed by atoms with Gasteiger partial charge in [-0.2, -0.15) is 0 Å². The van der Waals surface area contributed by atoms with Crippen molar-refractivity contribution in [3.8, 4) is 11.5 Å². The van der Waals surface area contributed by atoms with Crippen molar-refractivity contribution in [1.82, 2.24) is 0 Å². The van der Waals surface area contributed by atoms with Gasteiger partial charge in [-0.1, -0.05) is 34.1 Å². The van der Waals surface area contributed by atoms with Gasteiger partial charge in [0.25, 0.3) is 0 Å². The zero-order valence-electron chi connectivity index (χ0n) is 17.1. The Kier molecular flexibility index (Phi) is 8.13. The Balaban J connectivity index is 1.60. The van der Waals surface area contributed by atoms with Crippen LogP contribution in [0.4, 0.5) is 0 Å². The monoisotopic (exact) mass is 793 g/mol. The Bertz CT molecular complexity index is 1310. The highest BCUT2D eigenvalue weighted by molar-refractivity contribution is 14.1. The minimum absolute atomic E-state index is 0.222. The molecule has 0 fully saturated rings. The first-order chi connectivity index (χ1) is 15.9. The topological polar surface area (TPSA) is 57.1 Å². The van der Waals surface area contributed by atoms with Crippen molar-refractivity contribution >= 4 is 95.0 Å². The first kappa shape index (κ1) is 24.7. The summed E-state index contributed by atoms with van der Waals surface area (Å²) < 4.78 is 20.8. The molecule has 0 N–H and O–H groups in total. The van der Waals surface area contributed by atoms with Crippen molar-refractivity contribution in [2.24, 2.45) is 4.99 Å². The number of carbonyl (C=O) groups is 1. The lowest BCUT2D eigenvalue weighted by atomic mass is 10.1. The number of nitrogens with zero attached hydrogens (tertiary/aromatic N) is 1. The number of hydrogen-bond donors (Lipinski definition) is 0. The zero-order chi connectivity index (χ0) is 23.5. The van der Waals surface area contributed by atoms with Crippen molar-refractivity contribution in [3.63, 3.8) is 0 Å². The molecule has 1 aliphatic heterocycles. The third-order valence-corrected chi connectivity index (χ3v) is 8.58. The number of benzene rings is 3. The van der Waals surface area contributed by atoms with E-state index in [4.69, 9.17) is 14.2 Å². The normalized spacial score (nSPS) is 14.3. The molecule has 3 aromatic rings. The van der Waals surface area contributed by atoms with Crippen LogP contribution in [0.3, 0.4) is 0 Å². The lowest BCUT2D eigenvalue weighted by Crippen LogP contribution is -2.05. The van der Waals surface area contributed by atoms with Crippen molar-refractivity contribution in [2.45, 2.75) is 6.61 Å². The van der Waals surface area contributed by atoms with Gasteiger partial charge in [0.1, 0.15) is 6.61 Å². The van der Waals surface area contributed by atoms with Crippen molar-refractivity contribution < 1.29 is 19.0 Å². The summed E-state index contributed by atoms with van der Waals surface area (Å²) in [6.07, 6.45) is 1.68. The van der Waals surface area contributed by atoms with Gasteiger partial charge in [0.15, 0.2) is 17.2 Å². The predicted molar refractivity (Wildman–Crippen MR) is 152 cm³/mol. The van der Waals surface area contributed by atoms with Crippen LogP contribution in [0.2, 0.25) is 0 Å². The van der Waals surface area contributed by atoms with Crippen LogP contribution >= 0.6 is 77.0 Å². The standard InChI is InChI=1S/C24H15Br2I2NO4/c1-31-21-10-13(8-19(28)22(21)32-12-15-4-2-3-5-16(15)25)9-20-24(30)33-23(29-20)14-6-7-18(27)17(26)11-14/h2-11H,12H2,1H3/b20-9-. The largest absolute Gasteiger partial charge is 0.493 e. The molecule has 0 aromatic heterocycles. The van der Waals surface area contributed by atoms with E-state index in [1.54, 1.807) is 13.2 Å². The van der Waals surface area contributed by atoms with Gasteiger partial charge in [0.2, 0.25) is 5.90 Å². The van der Waals surface area contributed by atoms with Crippen molar-refractivity contribution in [3.05, 3.63) is 93.1 Å². The van der Waals surface area contributed by atoms with E-state index in [1.807, 2.05) is 54.6 Å². The van der Waals surface area contributed by atoms with Crippen LogP contribution in [0.25, 0.3) is 6.08 Å². The van der Waals surface area contributed by atoms with Crippen LogP contribution in [-0.2, 0) is 16.1 Å². The van der Waals surface area contributed by atoms with E-state index in [2.05, 4.69) is 82.0 Å². The van der Waals surface area contributed by atoms with Crippen molar-refractivity contribution in [1.29, 1.82) is 0 Å². The average molecular weight is 795 g/mol. The van der Waals surface area contributed by atoms with E-state index in [0.717, 1.165) is 32.8 Å². The summed E-state index contributed by atoms with van der Waals surface area (Å²) in [5.41, 5.74) is 2.73. The number of hydrogen-bond acceptors (Lipinski definition) is 5. The van der Waals surface area contributed by atoms with E-state index in [1.165, 1.54) is 0 Å². The first-order valence-corrected chi connectivity index (χ1v) is 13.3. The van der Waals surface area contributed by atoms with Crippen LogP contribution in [0.15, 0.2) is 74.2 Å². The smallest absolute Gasteiger partial charge is 0.363 e. The molecule has 0 saturated carbocycles. The molecule has 168 valence electrons. The van der Waals surface area contributed by atoms with Gasteiger partial charge in [-0.25, -0.2) is 9.79 Å². The molecule has 0 saturated heterocycles. The number of carbonyl (C=O) groups excluding carboxylic acids is 1. The fraction of sp³-hybridized carbons (Fsp3) is 0.0833. The maximum atomic E-state index is 12.4. The first-order valence-electron chi connectivity index (χ1n) is 9.57. The van der Waals surface area contributed by atoms with Crippen LogP contribution in [0.5, 0.6) is 11.5 Å². The molecule has 4 rings (SSSR count). The van der Waals surface area contributed by atoms with E-state index in [0.29, 0.717) is 18.1 Å². The third-order valence-electron chi connectivity index (χ3n) is 4.67. The average Bonchev–Trinajstić information content (AvgIpc) is 3.15. The Morgan fingerprint density at radius 3 is 2.55 bits per heavy atom. The number of cyclic esters (lactones) is 1. The minimum Gasteiger partial charge on any atom is -0.493 e. The molecule has 0 unspecified atom stereocenters. The Morgan fingerprint density at radius 1 is 1.03 bits per heavy atom. The summed E-state index contributed by atoms with van der Waals surface area (Å²) in [6, 6.07) is 17.3. The molecule has 0 atom stereocenters. The molecule has 1 heterocycles. The summed E-state index contributed by atoms with van der Waals surface area (Å²) in [6.45, 7) is 0.389. The quantitative estimate of drug-likeness (QED) is 0.149. The Morgan fingerprint density at radius 2 is 1.82 bits per heavy atom. The Labute approximate surface area is 235 Å². The second kappa shape index (κ2) is 10.9. The van der Waals surface area contributed by atoms with E-state index < -0.39 is 5.97 Å². The van der Waals surface area contributed by atoms with Gasteiger partial charge < -0.3 is 14.2 Å². The molecule has 0 spiro atoms. The molecular formula is C24H15Br2I2NO4. The molecule has 9 heteroatoms. The lowest BCUT2D eigenvalue weighted by Gasteiger charge is -2.14. The molecular weight excluding hydrogens is 780 g/mol. The van der Waals surface area contributed by atoms with Crippen LogP contribution < -0.4 is 9.47 Å². The molecule has 0 amide bonds. The highest BCUT2D eigenvalue weighted by Crippen LogP contribution is 2.36. The number of halogens is 4. The van der Waals surface area contributed by atoms with Crippen LogP contribution in [0.1, 0.15) is 16.7 Å². The minimum atomic E-state index is -0.497. The van der Waals surface area contributed by atoms with Gasteiger partial charge in [-0.3, -0.25) is 0 Å². The third kappa shape index (κ3) is 5.80. The molecule has 5 nitrogen and oxygen atoms in total. The fourth-order valence-electron chi connectivity index (χ4n) is 3.05. The molecule has 0 aliphatic carbocycles. The molecule has 1 aliphatic rings. The van der Waals surface area contributed by atoms with Crippen LogP contribution in [-0.4, -0.2) is 19.0 Å². The maximum absolute atomic E-state index is 12.4. The van der Waals surface area contributed by atoms with Crippen LogP contribution in [0, 0.1) is 7.14 Å². The second-order valence-electron chi connectivity index (χ2n) is 6.88. The summed E-state index contributed by atoms with van der Waals surface area (Å²) in [7, 11) is 1.59. The molecule has 0 radical (unpaired) electrons. The molecule has 3 aromatic carbocycles. The van der Waals surface area contributed by atoms with Gasteiger partial charge in [0, 0.05) is 23.6 Å². The predicted octanol–water partition coefficient (Wildman–Crippen LogP) is 7.35. The summed E-state index contributed by atoms with van der Waals surface area (Å²) in [4.78, 5) is 16.8. The number of methoxy groups -OCH3 is 1. The fourth-order valence-corrected chi connectivity index (χ4v) is 4.94. The number of esters is 1. The summed E-state index contributed by atoms with van der Waals surface area (Å²) in [5, 5.41) is 0. The van der Waals surface area contributed by atoms with Gasteiger partial charge in [0.05, 0.1) is 10.7 Å². The summed E-state index contributed by atoms with van der Waals surface area (Å²) in [5.74, 6) is 0.983. The second-order valence-corrected chi connectivity index (χ2v) is 10.9. The number of ether oxygens (including phenoxy) is 3. The van der Waals surface area contributed by atoms with Gasteiger partial charge in [-0.05, 0) is 109 Å². The van der Waals surface area contributed by atoms with Gasteiger partial charge >= 0.3 is 5.97 Å². The van der Waals surface area contributed by atoms with Crippen molar-refractivity contribution in [2.75, 3.05) is 7.11 Å². The number of aliphatic imine (C=N–C) groups is 1. The van der Waals surface area contributed by atoms with Gasteiger partial charge in [-0.15, -0.1) is 0 Å². The number of rotatable bonds is 6. The van der Waals surface area contributed by atoms with E-state index in [9.17, 15) is 4.79 Å². The molecule has 33 heavy (non-hydrogen) atoms. The van der Waals surface area contributed by atoms with E-state index in [-0.39, 0.29) is 11.6 Å².